The highest BCUT2D eigenvalue weighted by Crippen LogP contribution is 2.44. The van der Waals surface area contributed by atoms with Crippen molar-refractivity contribution in [1.29, 1.82) is 0 Å². The predicted octanol–water partition coefficient (Wildman–Crippen LogP) is 17.5. The zero-order valence-electron chi connectivity index (χ0n) is 34.8. The Morgan fingerprint density at radius 2 is 0.524 bits per heavy atom. The van der Waals surface area contributed by atoms with Gasteiger partial charge in [0.05, 0.1) is 5.69 Å². The summed E-state index contributed by atoms with van der Waals surface area (Å²) in [4.78, 5) is 2.42. The van der Waals surface area contributed by atoms with E-state index in [4.69, 9.17) is 0 Å². The van der Waals surface area contributed by atoms with Crippen LogP contribution in [0.2, 0.25) is 0 Å². The lowest BCUT2D eigenvalue weighted by Gasteiger charge is -2.29. The highest BCUT2D eigenvalue weighted by molar-refractivity contribution is 5.94. The molecule has 0 saturated carbocycles. The second-order valence-electron chi connectivity index (χ2n) is 16.2. The molecule has 0 atom stereocenters. The molecule has 0 amide bonds. The van der Waals surface area contributed by atoms with E-state index in [0.717, 1.165) is 28.2 Å². The molecular formula is C62H43N. The lowest BCUT2D eigenvalue weighted by molar-refractivity contribution is 1.28. The van der Waals surface area contributed by atoms with Gasteiger partial charge in [-0.1, -0.05) is 212 Å². The van der Waals surface area contributed by atoms with Gasteiger partial charge in [0.2, 0.25) is 0 Å². The fourth-order valence-electron chi connectivity index (χ4n) is 8.89. The van der Waals surface area contributed by atoms with Crippen LogP contribution in [0.15, 0.2) is 261 Å². The SMILES string of the molecule is c1ccc(-c2ccc(-c3ccc(N(c4ccc(-c5cccc(-c6ccc7ccccc7c6)c5)cc4)c4cc(-c5ccc6ccccc6c5)ccc4-c4ccccc4)cc3)cc2)cc1. The molecule has 11 aromatic rings. The topological polar surface area (TPSA) is 3.24 Å². The number of rotatable bonds is 9. The first-order chi connectivity index (χ1) is 31.2. The van der Waals surface area contributed by atoms with Crippen LogP contribution in [0.3, 0.4) is 0 Å². The first kappa shape index (κ1) is 37.7. The van der Waals surface area contributed by atoms with Crippen LogP contribution in [-0.2, 0) is 0 Å². The molecule has 0 unspecified atom stereocenters. The summed E-state index contributed by atoms with van der Waals surface area (Å²) >= 11 is 0. The highest BCUT2D eigenvalue weighted by Gasteiger charge is 2.19. The van der Waals surface area contributed by atoms with Crippen LogP contribution in [0.5, 0.6) is 0 Å². The van der Waals surface area contributed by atoms with E-state index < -0.39 is 0 Å². The van der Waals surface area contributed by atoms with Crippen LogP contribution in [0.1, 0.15) is 0 Å². The van der Waals surface area contributed by atoms with Gasteiger partial charge in [0.1, 0.15) is 0 Å². The monoisotopic (exact) mass is 801 g/mol. The maximum atomic E-state index is 2.42. The van der Waals surface area contributed by atoms with Gasteiger partial charge in [0, 0.05) is 16.9 Å². The van der Waals surface area contributed by atoms with Gasteiger partial charge in [-0.3, -0.25) is 0 Å². The molecule has 0 aliphatic carbocycles. The lowest BCUT2D eigenvalue weighted by Crippen LogP contribution is -2.11. The molecule has 0 N–H and O–H groups in total. The minimum atomic E-state index is 1.08. The Hall–Kier alpha value is -8.26. The molecule has 11 aromatic carbocycles. The van der Waals surface area contributed by atoms with Crippen molar-refractivity contribution in [3.05, 3.63) is 261 Å². The molecule has 0 saturated heterocycles. The Morgan fingerprint density at radius 1 is 0.190 bits per heavy atom. The van der Waals surface area contributed by atoms with Gasteiger partial charge in [0.25, 0.3) is 0 Å². The molecule has 0 aliphatic heterocycles. The minimum absolute atomic E-state index is 1.08. The lowest BCUT2D eigenvalue weighted by atomic mass is 9.95. The van der Waals surface area contributed by atoms with Gasteiger partial charge in [0.15, 0.2) is 0 Å². The van der Waals surface area contributed by atoms with Crippen molar-refractivity contribution < 1.29 is 0 Å². The normalized spacial score (nSPS) is 11.2. The average Bonchev–Trinajstić information content (AvgIpc) is 3.37. The summed E-state index contributed by atoms with van der Waals surface area (Å²) < 4.78 is 0. The first-order valence-electron chi connectivity index (χ1n) is 21.6. The smallest absolute Gasteiger partial charge is 0.0546 e. The van der Waals surface area contributed by atoms with E-state index in [9.17, 15) is 0 Å². The van der Waals surface area contributed by atoms with E-state index >= 15 is 0 Å². The number of hydrogen-bond donors (Lipinski definition) is 0. The van der Waals surface area contributed by atoms with Gasteiger partial charge in [-0.2, -0.15) is 0 Å². The second-order valence-corrected chi connectivity index (χ2v) is 16.2. The zero-order chi connectivity index (χ0) is 42.0. The maximum Gasteiger partial charge on any atom is 0.0546 e. The van der Waals surface area contributed by atoms with Crippen LogP contribution < -0.4 is 4.90 Å². The third-order valence-electron chi connectivity index (χ3n) is 12.3. The molecular weight excluding hydrogens is 759 g/mol. The van der Waals surface area contributed by atoms with Crippen molar-refractivity contribution in [2.24, 2.45) is 0 Å². The molecule has 1 heteroatoms. The third-order valence-corrected chi connectivity index (χ3v) is 12.3. The molecule has 0 aromatic heterocycles. The van der Waals surface area contributed by atoms with Crippen LogP contribution >= 0.6 is 0 Å². The summed E-state index contributed by atoms with van der Waals surface area (Å²) in [6.45, 7) is 0. The molecule has 0 spiro atoms. The van der Waals surface area contributed by atoms with E-state index in [1.165, 1.54) is 77.2 Å². The standard InChI is InChI=1S/C62H43N/c1-3-12-44(13-4-1)47-22-24-48(25-23-47)49-30-35-59(36-31-49)63(60-37-32-50(33-38-60)54-20-11-21-55(40-54)56-28-26-45-14-7-9-18-52(45)41-56)62-43-58(34-39-61(62)51-16-5-2-6-17-51)57-29-27-46-15-8-10-19-53(46)42-57/h1-43H. The molecule has 0 heterocycles. The summed E-state index contributed by atoms with van der Waals surface area (Å²) in [5, 5.41) is 4.97. The van der Waals surface area contributed by atoms with E-state index in [1.54, 1.807) is 0 Å². The molecule has 296 valence electrons. The second kappa shape index (κ2) is 16.7. The number of nitrogens with zero attached hydrogens (tertiary/aromatic N) is 1. The van der Waals surface area contributed by atoms with Crippen molar-refractivity contribution in [3.8, 4) is 66.8 Å². The maximum absolute atomic E-state index is 2.42. The fraction of sp³-hybridized carbons (Fsp3) is 0. The summed E-state index contributed by atoms with van der Waals surface area (Å²) in [5.74, 6) is 0. The van der Waals surface area contributed by atoms with Gasteiger partial charge in [-0.25, -0.2) is 0 Å². The van der Waals surface area contributed by atoms with Gasteiger partial charge in [-0.15, -0.1) is 0 Å². The van der Waals surface area contributed by atoms with Crippen molar-refractivity contribution in [2.45, 2.75) is 0 Å². The predicted molar refractivity (Wildman–Crippen MR) is 269 cm³/mol. The molecule has 0 bridgehead atoms. The average molecular weight is 802 g/mol. The highest BCUT2D eigenvalue weighted by atomic mass is 15.1. The molecule has 0 fully saturated rings. The van der Waals surface area contributed by atoms with Crippen LogP contribution in [0.4, 0.5) is 17.1 Å². The van der Waals surface area contributed by atoms with Crippen molar-refractivity contribution in [3.63, 3.8) is 0 Å². The Labute approximate surface area is 369 Å². The molecule has 11 rings (SSSR count). The van der Waals surface area contributed by atoms with E-state index in [1.807, 2.05) is 0 Å². The fourth-order valence-corrected chi connectivity index (χ4v) is 8.89. The Bertz CT molecular complexity index is 3350. The third kappa shape index (κ3) is 7.69. The van der Waals surface area contributed by atoms with Crippen LogP contribution in [0.25, 0.3) is 88.3 Å². The summed E-state index contributed by atoms with van der Waals surface area (Å²) in [7, 11) is 0. The van der Waals surface area contributed by atoms with Gasteiger partial charge < -0.3 is 4.90 Å². The molecule has 63 heavy (non-hydrogen) atoms. The van der Waals surface area contributed by atoms with Crippen LogP contribution in [-0.4, -0.2) is 0 Å². The molecule has 0 radical (unpaired) electrons. The summed E-state index contributed by atoms with van der Waals surface area (Å²) in [6.07, 6.45) is 0. The van der Waals surface area contributed by atoms with Crippen molar-refractivity contribution in [1.82, 2.24) is 0 Å². The summed E-state index contributed by atoms with van der Waals surface area (Å²) in [5.41, 5.74) is 17.5. The number of fused-ring (bicyclic) bond motifs is 2. The largest absolute Gasteiger partial charge is 0.310 e. The summed E-state index contributed by atoms with van der Waals surface area (Å²) in [6, 6.07) is 94.8. The van der Waals surface area contributed by atoms with Gasteiger partial charge in [-0.05, 0) is 131 Å². The number of hydrogen-bond acceptors (Lipinski definition) is 1. The Morgan fingerprint density at radius 3 is 1.05 bits per heavy atom. The van der Waals surface area contributed by atoms with Gasteiger partial charge >= 0.3 is 0 Å². The van der Waals surface area contributed by atoms with Crippen molar-refractivity contribution >= 4 is 38.6 Å². The Kier molecular flexibility index (Phi) is 9.97. The van der Waals surface area contributed by atoms with Crippen LogP contribution in [0, 0.1) is 0 Å². The van der Waals surface area contributed by atoms with Crippen molar-refractivity contribution in [2.75, 3.05) is 4.90 Å². The molecule has 1 nitrogen and oxygen atoms in total. The minimum Gasteiger partial charge on any atom is -0.310 e. The zero-order valence-corrected chi connectivity index (χ0v) is 34.8. The number of benzene rings is 11. The quantitative estimate of drug-likeness (QED) is 0.141. The molecule has 0 aliphatic rings. The number of anilines is 3. The Balaban J connectivity index is 1.02. The van der Waals surface area contributed by atoms with E-state index in [2.05, 4.69) is 266 Å². The van der Waals surface area contributed by atoms with E-state index in [0.29, 0.717) is 0 Å². The van der Waals surface area contributed by atoms with E-state index in [-0.39, 0.29) is 0 Å². The first-order valence-corrected chi connectivity index (χ1v) is 21.6.